The van der Waals surface area contributed by atoms with Crippen molar-refractivity contribution in [1.82, 2.24) is 4.90 Å². The molecule has 0 aliphatic carbocycles. The number of nitrogens with zero attached hydrogens (tertiary/aromatic N) is 1. The molecule has 0 bridgehead atoms. The first-order valence-corrected chi connectivity index (χ1v) is 6.46. The number of carbonyl (C=O) groups excluding carboxylic acids is 1. The number of urea groups is 1. The molecule has 0 heterocycles. The topological polar surface area (TPSA) is 69.6 Å². The van der Waals surface area contributed by atoms with Crippen LogP contribution in [0, 0.1) is 0 Å². The first kappa shape index (κ1) is 17.3. The van der Waals surface area contributed by atoms with Gasteiger partial charge in [0.2, 0.25) is 0 Å². The van der Waals surface area contributed by atoms with Crippen LogP contribution in [0.15, 0.2) is 22.7 Å². The van der Waals surface area contributed by atoms with E-state index in [1.807, 2.05) is 0 Å². The predicted octanol–water partition coefficient (Wildman–Crippen LogP) is 3.40. The first-order chi connectivity index (χ1) is 9.52. The number of hydrogen-bond donors (Lipinski definition) is 2. The average molecular weight is 369 g/mol. The lowest BCUT2D eigenvalue weighted by molar-refractivity contribution is -0.141. The Kier molecular flexibility index (Phi) is 5.21. The molecule has 0 fully saturated rings. The lowest BCUT2D eigenvalue weighted by Gasteiger charge is -2.22. The maximum Gasteiger partial charge on any atom is 0.416 e. The SMILES string of the molecule is CC(C(=O)O)N(C)C(=O)Nc1cc(Br)cc(C(F)(F)F)c1. The van der Waals surface area contributed by atoms with Crippen LogP contribution >= 0.6 is 15.9 Å². The number of likely N-dealkylation sites (N-methyl/N-ethyl adjacent to an activating group) is 1. The van der Waals surface area contributed by atoms with Crippen LogP contribution in [0.25, 0.3) is 0 Å². The molecule has 0 radical (unpaired) electrons. The third kappa shape index (κ3) is 4.62. The normalized spacial score (nSPS) is 12.7. The molecule has 0 aliphatic rings. The minimum atomic E-state index is -4.55. The number of aliphatic carboxylic acids is 1. The fourth-order valence-corrected chi connectivity index (χ4v) is 1.87. The summed E-state index contributed by atoms with van der Waals surface area (Å²) in [5, 5.41) is 11.0. The number of carboxylic acid groups (broad SMARTS) is 1. The molecule has 1 rings (SSSR count). The van der Waals surface area contributed by atoms with Crippen molar-refractivity contribution in [3.8, 4) is 0 Å². The molecule has 1 aromatic carbocycles. The van der Waals surface area contributed by atoms with Crippen LogP contribution in [0.5, 0.6) is 0 Å². The smallest absolute Gasteiger partial charge is 0.416 e. The van der Waals surface area contributed by atoms with E-state index in [1.54, 1.807) is 0 Å². The number of halogens is 4. The van der Waals surface area contributed by atoms with Crippen molar-refractivity contribution in [3.63, 3.8) is 0 Å². The highest BCUT2D eigenvalue weighted by molar-refractivity contribution is 9.10. The summed E-state index contributed by atoms with van der Waals surface area (Å²) in [5.41, 5.74) is -1.02. The number of amides is 2. The van der Waals surface area contributed by atoms with Crippen LogP contribution in [-0.4, -0.2) is 35.1 Å². The van der Waals surface area contributed by atoms with E-state index in [-0.39, 0.29) is 10.2 Å². The van der Waals surface area contributed by atoms with Crippen molar-refractivity contribution >= 4 is 33.6 Å². The van der Waals surface area contributed by atoms with Crippen LogP contribution in [-0.2, 0) is 11.0 Å². The Morgan fingerprint density at radius 3 is 2.38 bits per heavy atom. The van der Waals surface area contributed by atoms with Crippen molar-refractivity contribution in [2.24, 2.45) is 0 Å². The number of carbonyl (C=O) groups is 2. The number of benzene rings is 1. The van der Waals surface area contributed by atoms with E-state index >= 15 is 0 Å². The summed E-state index contributed by atoms with van der Waals surface area (Å²) in [6.07, 6.45) is -4.55. The molecule has 0 saturated heterocycles. The van der Waals surface area contributed by atoms with Gasteiger partial charge >= 0.3 is 18.2 Å². The van der Waals surface area contributed by atoms with Gasteiger partial charge in [-0.05, 0) is 25.1 Å². The van der Waals surface area contributed by atoms with Crippen molar-refractivity contribution in [3.05, 3.63) is 28.2 Å². The molecule has 21 heavy (non-hydrogen) atoms. The first-order valence-electron chi connectivity index (χ1n) is 5.66. The zero-order valence-electron chi connectivity index (χ0n) is 11.0. The monoisotopic (exact) mass is 368 g/mol. The predicted molar refractivity (Wildman–Crippen MR) is 73.0 cm³/mol. The fourth-order valence-electron chi connectivity index (χ4n) is 1.38. The second kappa shape index (κ2) is 6.33. The maximum atomic E-state index is 12.7. The number of hydrogen-bond acceptors (Lipinski definition) is 2. The lowest BCUT2D eigenvalue weighted by Crippen LogP contribution is -2.42. The summed E-state index contributed by atoms with van der Waals surface area (Å²) in [5.74, 6) is -1.22. The highest BCUT2D eigenvalue weighted by Crippen LogP contribution is 2.33. The second-order valence-corrected chi connectivity index (χ2v) is 5.20. The van der Waals surface area contributed by atoms with Gasteiger partial charge in [-0.1, -0.05) is 15.9 Å². The number of nitrogens with one attached hydrogen (secondary N) is 1. The minimum Gasteiger partial charge on any atom is -0.480 e. The van der Waals surface area contributed by atoms with Gasteiger partial charge in [-0.2, -0.15) is 13.2 Å². The zero-order valence-corrected chi connectivity index (χ0v) is 12.6. The largest absolute Gasteiger partial charge is 0.480 e. The van der Waals surface area contributed by atoms with Crippen LogP contribution in [0.4, 0.5) is 23.7 Å². The van der Waals surface area contributed by atoms with Gasteiger partial charge in [0.05, 0.1) is 5.56 Å². The molecule has 1 atom stereocenters. The van der Waals surface area contributed by atoms with E-state index in [0.29, 0.717) is 0 Å². The summed E-state index contributed by atoms with van der Waals surface area (Å²) in [6, 6.07) is 0.989. The molecular weight excluding hydrogens is 357 g/mol. The number of alkyl halides is 3. The molecule has 0 saturated carbocycles. The van der Waals surface area contributed by atoms with Gasteiger partial charge in [0.15, 0.2) is 0 Å². The van der Waals surface area contributed by atoms with Gasteiger partial charge in [-0.3, -0.25) is 0 Å². The molecule has 1 aromatic rings. The van der Waals surface area contributed by atoms with E-state index in [2.05, 4.69) is 21.2 Å². The molecule has 2 amide bonds. The molecule has 0 aliphatic heterocycles. The van der Waals surface area contributed by atoms with Crippen molar-refractivity contribution < 1.29 is 27.9 Å². The lowest BCUT2D eigenvalue weighted by atomic mass is 10.2. The van der Waals surface area contributed by atoms with E-state index in [4.69, 9.17) is 5.11 Å². The summed E-state index contributed by atoms with van der Waals surface area (Å²) >= 11 is 2.93. The van der Waals surface area contributed by atoms with Crippen LogP contribution < -0.4 is 5.32 Å². The Bertz CT molecular complexity index is 563. The summed E-state index contributed by atoms with van der Waals surface area (Å²) in [4.78, 5) is 23.4. The summed E-state index contributed by atoms with van der Waals surface area (Å²) < 4.78 is 38.1. The van der Waals surface area contributed by atoms with E-state index in [1.165, 1.54) is 20.0 Å². The highest BCUT2D eigenvalue weighted by Gasteiger charge is 2.31. The number of carboxylic acids is 1. The average Bonchev–Trinajstić information content (AvgIpc) is 2.34. The van der Waals surface area contributed by atoms with Gasteiger partial charge in [-0.25, -0.2) is 9.59 Å². The van der Waals surface area contributed by atoms with Gasteiger partial charge in [0, 0.05) is 17.2 Å². The third-order valence-corrected chi connectivity index (χ3v) is 3.19. The highest BCUT2D eigenvalue weighted by atomic mass is 79.9. The molecule has 9 heteroatoms. The molecule has 116 valence electrons. The van der Waals surface area contributed by atoms with E-state index < -0.39 is 29.8 Å². The third-order valence-electron chi connectivity index (χ3n) is 2.74. The van der Waals surface area contributed by atoms with Crippen molar-refractivity contribution in [1.29, 1.82) is 0 Å². The number of rotatable bonds is 3. The minimum absolute atomic E-state index is 0.0915. The molecule has 0 aromatic heterocycles. The van der Waals surface area contributed by atoms with Crippen LogP contribution in [0.1, 0.15) is 12.5 Å². The molecule has 1 unspecified atom stereocenters. The molecule has 2 N–H and O–H groups in total. The fraction of sp³-hybridized carbons (Fsp3) is 0.333. The van der Waals surface area contributed by atoms with Gasteiger partial charge in [-0.15, -0.1) is 0 Å². The van der Waals surface area contributed by atoms with Crippen molar-refractivity contribution in [2.75, 3.05) is 12.4 Å². The van der Waals surface area contributed by atoms with Gasteiger partial charge in [0.25, 0.3) is 0 Å². The van der Waals surface area contributed by atoms with E-state index in [9.17, 15) is 22.8 Å². The maximum absolute atomic E-state index is 12.7. The Balaban J connectivity index is 2.96. The van der Waals surface area contributed by atoms with Crippen LogP contribution in [0.2, 0.25) is 0 Å². The van der Waals surface area contributed by atoms with Crippen LogP contribution in [0.3, 0.4) is 0 Å². The Labute approximate surface area is 126 Å². The van der Waals surface area contributed by atoms with Gasteiger partial charge in [0.1, 0.15) is 6.04 Å². The Hall–Kier alpha value is -1.77. The second-order valence-electron chi connectivity index (χ2n) is 4.28. The zero-order chi connectivity index (χ0) is 16.4. The van der Waals surface area contributed by atoms with Gasteiger partial charge < -0.3 is 15.3 Å². The number of anilines is 1. The van der Waals surface area contributed by atoms with E-state index in [0.717, 1.165) is 17.0 Å². The summed E-state index contributed by atoms with van der Waals surface area (Å²) in [7, 11) is 1.23. The molecule has 5 nitrogen and oxygen atoms in total. The Morgan fingerprint density at radius 1 is 1.33 bits per heavy atom. The Morgan fingerprint density at radius 2 is 1.90 bits per heavy atom. The molecular formula is C12H12BrF3N2O3. The standard InChI is InChI=1S/C12H12BrF3N2O3/c1-6(10(19)20)18(2)11(21)17-9-4-7(12(14,15)16)3-8(13)5-9/h3-6H,1-2H3,(H,17,21)(H,19,20). The molecule has 0 spiro atoms. The van der Waals surface area contributed by atoms with Crippen molar-refractivity contribution in [2.45, 2.75) is 19.1 Å². The quantitative estimate of drug-likeness (QED) is 0.858. The summed E-state index contributed by atoms with van der Waals surface area (Å²) in [6.45, 7) is 1.28.